The Bertz CT molecular complexity index is 712. The molecule has 1 aromatic carbocycles. The lowest BCUT2D eigenvalue weighted by atomic mass is 10.1. The molecule has 1 fully saturated rings. The zero-order chi connectivity index (χ0) is 17.1. The van der Waals surface area contributed by atoms with Gasteiger partial charge in [0, 0.05) is 44.8 Å². The van der Waals surface area contributed by atoms with Crippen molar-refractivity contribution < 1.29 is 9.18 Å². The fourth-order valence-corrected chi connectivity index (χ4v) is 3.70. The number of carbonyl (C=O) groups excluding carboxylic acids is 1. The van der Waals surface area contributed by atoms with Gasteiger partial charge < -0.3 is 10.2 Å². The van der Waals surface area contributed by atoms with Crippen LogP contribution in [0.4, 0.5) is 9.52 Å². The van der Waals surface area contributed by atoms with Crippen molar-refractivity contribution in [2.24, 2.45) is 0 Å². The van der Waals surface area contributed by atoms with Crippen LogP contribution < -0.4 is 5.32 Å². The third-order valence-electron chi connectivity index (χ3n) is 4.43. The van der Waals surface area contributed by atoms with E-state index >= 15 is 0 Å². The highest BCUT2D eigenvalue weighted by atomic mass is 32.1. The molecule has 1 aliphatic rings. The third kappa shape index (κ3) is 3.42. The molecule has 0 radical (unpaired) electrons. The Morgan fingerprint density at radius 3 is 2.62 bits per heavy atom. The fraction of sp³-hybridized carbons (Fsp3) is 0.412. The number of anilines is 1. The summed E-state index contributed by atoms with van der Waals surface area (Å²) < 4.78 is 14.0. The van der Waals surface area contributed by atoms with Crippen molar-refractivity contribution in [2.45, 2.75) is 13.0 Å². The summed E-state index contributed by atoms with van der Waals surface area (Å²) >= 11 is 1.36. The van der Waals surface area contributed by atoms with Gasteiger partial charge in [0.1, 0.15) is 10.7 Å². The first kappa shape index (κ1) is 16.9. The molecule has 0 aliphatic carbocycles. The van der Waals surface area contributed by atoms with Crippen molar-refractivity contribution in [3.63, 3.8) is 0 Å². The first-order valence-corrected chi connectivity index (χ1v) is 8.83. The van der Waals surface area contributed by atoms with Crippen molar-refractivity contribution >= 4 is 22.4 Å². The summed E-state index contributed by atoms with van der Waals surface area (Å²) in [5.74, 6) is -0.153. The predicted molar refractivity (Wildman–Crippen MR) is 94.0 cm³/mol. The van der Waals surface area contributed by atoms with Gasteiger partial charge in [0.25, 0.3) is 5.91 Å². The monoisotopic (exact) mass is 348 g/mol. The smallest absolute Gasteiger partial charge is 0.265 e. The summed E-state index contributed by atoms with van der Waals surface area (Å²) in [6, 6.07) is 6.89. The van der Waals surface area contributed by atoms with Crippen LogP contribution >= 0.6 is 11.3 Å². The predicted octanol–water partition coefficient (Wildman–Crippen LogP) is 2.84. The molecule has 1 saturated heterocycles. The minimum absolute atomic E-state index is 0.00255. The van der Waals surface area contributed by atoms with Crippen molar-refractivity contribution in [2.75, 3.05) is 38.5 Å². The van der Waals surface area contributed by atoms with E-state index in [2.05, 4.69) is 15.2 Å². The number of carbonyl (C=O) groups is 1. The van der Waals surface area contributed by atoms with E-state index in [9.17, 15) is 9.18 Å². The lowest BCUT2D eigenvalue weighted by molar-refractivity contribution is 0.0583. The lowest BCUT2D eigenvalue weighted by Gasteiger charge is -2.38. The molecule has 1 N–H and O–H groups in total. The highest BCUT2D eigenvalue weighted by Gasteiger charge is 2.27. The molecule has 24 heavy (non-hydrogen) atoms. The van der Waals surface area contributed by atoms with Crippen LogP contribution in [0.25, 0.3) is 0 Å². The molecule has 0 spiro atoms. The van der Waals surface area contributed by atoms with Crippen LogP contribution in [0.5, 0.6) is 0 Å². The molecule has 1 aromatic heterocycles. The molecular formula is C17H21FN4OS. The number of nitrogens with zero attached hydrogens (tertiary/aromatic N) is 3. The molecule has 0 saturated carbocycles. The number of hydrogen-bond acceptors (Lipinski definition) is 5. The van der Waals surface area contributed by atoms with E-state index < -0.39 is 0 Å². The first-order chi connectivity index (χ1) is 11.6. The number of thiazole rings is 1. The van der Waals surface area contributed by atoms with E-state index in [0.29, 0.717) is 23.5 Å². The summed E-state index contributed by atoms with van der Waals surface area (Å²) in [5, 5.41) is 3.68. The number of rotatable bonds is 4. The zero-order valence-corrected chi connectivity index (χ0v) is 14.6. The highest BCUT2D eigenvalue weighted by molar-refractivity contribution is 7.17. The van der Waals surface area contributed by atoms with Gasteiger partial charge in [0.05, 0.1) is 6.20 Å². The molecular weight excluding hydrogens is 327 g/mol. The number of aromatic nitrogens is 1. The normalized spacial score (nSPS) is 16.9. The number of hydrogen-bond donors (Lipinski definition) is 1. The van der Waals surface area contributed by atoms with Gasteiger partial charge in [-0.15, -0.1) is 0 Å². The summed E-state index contributed by atoms with van der Waals surface area (Å²) in [5.41, 5.74) is 0.707. The Morgan fingerprint density at radius 2 is 2.00 bits per heavy atom. The van der Waals surface area contributed by atoms with Gasteiger partial charge in [-0.1, -0.05) is 29.5 Å². The average molecular weight is 348 g/mol. The van der Waals surface area contributed by atoms with E-state index in [0.717, 1.165) is 18.2 Å². The van der Waals surface area contributed by atoms with E-state index in [1.54, 1.807) is 19.3 Å². The van der Waals surface area contributed by atoms with Crippen LogP contribution in [0.2, 0.25) is 0 Å². The largest absolute Gasteiger partial charge is 0.365 e. The second kappa shape index (κ2) is 7.27. The summed E-state index contributed by atoms with van der Waals surface area (Å²) in [7, 11) is 1.79. The number of amides is 1. The first-order valence-electron chi connectivity index (χ1n) is 8.01. The Hall–Kier alpha value is -1.99. The maximum absolute atomic E-state index is 14.0. The maximum Gasteiger partial charge on any atom is 0.265 e. The van der Waals surface area contributed by atoms with E-state index in [4.69, 9.17) is 0 Å². The van der Waals surface area contributed by atoms with E-state index in [1.807, 2.05) is 24.0 Å². The van der Waals surface area contributed by atoms with Gasteiger partial charge in [-0.2, -0.15) is 0 Å². The van der Waals surface area contributed by atoms with Gasteiger partial charge in [-0.05, 0) is 13.0 Å². The molecule has 128 valence electrons. The molecule has 2 heterocycles. The third-order valence-corrected chi connectivity index (χ3v) is 5.44. The standard InChI is InChI=1S/C17H21FN4OS/c1-12(13-5-3-4-6-14(13)18)21-7-9-22(10-8-21)16(23)15-11-20-17(19-2)24-15/h3-6,11-12H,7-10H2,1-2H3,(H,19,20)/t12-/m0/s1. The number of nitrogens with one attached hydrogen (secondary N) is 1. The molecule has 0 unspecified atom stereocenters. The van der Waals surface area contributed by atoms with Gasteiger partial charge in [0.2, 0.25) is 0 Å². The molecule has 1 atom stereocenters. The van der Waals surface area contributed by atoms with Crippen LogP contribution in [0.15, 0.2) is 30.5 Å². The Morgan fingerprint density at radius 1 is 1.29 bits per heavy atom. The number of benzene rings is 1. The van der Waals surface area contributed by atoms with Gasteiger partial charge in [0.15, 0.2) is 5.13 Å². The van der Waals surface area contributed by atoms with Crippen molar-refractivity contribution in [3.8, 4) is 0 Å². The van der Waals surface area contributed by atoms with Gasteiger partial charge >= 0.3 is 0 Å². The summed E-state index contributed by atoms with van der Waals surface area (Å²) in [4.78, 5) is 21.4. The molecule has 3 rings (SSSR count). The fourth-order valence-electron chi connectivity index (χ4n) is 2.97. The van der Waals surface area contributed by atoms with Crippen molar-refractivity contribution in [1.29, 1.82) is 0 Å². The molecule has 1 aliphatic heterocycles. The molecule has 0 bridgehead atoms. The van der Waals surface area contributed by atoms with Crippen molar-refractivity contribution in [3.05, 3.63) is 46.7 Å². The Labute approximate surface area is 145 Å². The number of piperazine rings is 1. The van der Waals surface area contributed by atoms with Crippen LogP contribution in [0, 0.1) is 5.82 Å². The Kier molecular flexibility index (Phi) is 5.11. The number of halogens is 1. The SMILES string of the molecule is CNc1ncc(C(=O)N2CCN([C@@H](C)c3ccccc3F)CC2)s1. The van der Waals surface area contributed by atoms with E-state index in [1.165, 1.54) is 17.4 Å². The van der Waals surface area contributed by atoms with Gasteiger partial charge in [-0.3, -0.25) is 9.69 Å². The van der Waals surface area contributed by atoms with E-state index in [-0.39, 0.29) is 17.8 Å². The van der Waals surface area contributed by atoms with Crippen LogP contribution in [0.3, 0.4) is 0 Å². The lowest BCUT2D eigenvalue weighted by Crippen LogP contribution is -2.49. The summed E-state index contributed by atoms with van der Waals surface area (Å²) in [6.07, 6.45) is 1.62. The van der Waals surface area contributed by atoms with Crippen molar-refractivity contribution in [1.82, 2.24) is 14.8 Å². The molecule has 5 nitrogen and oxygen atoms in total. The second-order valence-corrected chi connectivity index (χ2v) is 6.84. The quantitative estimate of drug-likeness (QED) is 0.923. The zero-order valence-electron chi connectivity index (χ0n) is 13.8. The topological polar surface area (TPSA) is 48.5 Å². The average Bonchev–Trinajstić information content (AvgIpc) is 3.10. The molecule has 1 amide bonds. The second-order valence-electron chi connectivity index (χ2n) is 5.81. The summed E-state index contributed by atoms with van der Waals surface area (Å²) in [6.45, 7) is 4.77. The Balaban J connectivity index is 1.61. The van der Waals surface area contributed by atoms with Crippen LogP contribution in [-0.4, -0.2) is 53.9 Å². The van der Waals surface area contributed by atoms with Crippen LogP contribution in [0.1, 0.15) is 28.2 Å². The molecule has 7 heteroatoms. The minimum atomic E-state index is -0.173. The van der Waals surface area contributed by atoms with Gasteiger partial charge in [-0.25, -0.2) is 9.37 Å². The van der Waals surface area contributed by atoms with Crippen LogP contribution in [-0.2, 0) is 0 Å². The maximum atomic E-state index is 14.0. The molecule has 2 aromatic rings. The minimum Gasteiger partial charge on any atom is -0.365 e. The highest BCUT2D eigenvalue weighted by Crippen LogP contribution is 2.25.